The van der Waals surface area contributed by atoms with Crippen LogP contribution in [0.3, 0.4) is 0 Å². The summed E-state index contributed by atoms with van der Waals surface area (Å²) in [5, 5.41) is 10.8. The average molecular weight is 464 g/mol. The Morgan fingerprint density at radius 3 is 2.76 bits per heavy atom. The fourth-order valence-corrected chi connectivity index (χ4v) is 5.91. The predicted molar refractivity (Wildman–Crippen MR) is 131 cm³/mol. The number of aromatic nitrogens is 4. The molecule has 1 aliphatic rings. The molecule has 3 aromatic heterocycles. The van der Waals surface area contributed by atoms with E-state index in [4.69, 9.17) is 0 Å². The molecular formula is C25H29N5O2S. The lowest BCUT2D eigenvalue weighted by molar-refractivity contribution is 0.0735. The third kappa shape index (κ3) is 3.76. The first kappa shape index (κ1) is 21.8. The molecule has 0 aliphatic carbocycles. The Hall–Kier alpha value is -3.00. The van der Waals surface area contributed by atoms with Crippen molar-refractivity contribution in [2.45, 2.75) is 65.3 Å². The summed E-state index contributed by atoms with van der Waals surface area (Å²) in [4.78, 5) is 32.5. The molecule has 0 saturated carbocycles. The van der Waals surface area contributed by atoms with Gasteiger partial charge in [0.1, 0.15) is 5.82 Å². The van der Waals surface area contributed by atoms with Crippen molar-refractivity contribution in [3.8, 4) is 0 Å². The van der Waals surface area contributed by atoms with E-state index in [1.165, 1.54) is 10.4 Å². The Morgan fingerprint density at radius 2 is 2.00 bits per heavy atom. The second-order valence-corrected chi connectivity index (χ2v) is 9.98. The van der Waals surface area contributed by atoms with Gasteiger partial charge in [-0.3, -0.25) is 14.0 Å². The van der Waals surface area contributed by atoms with E-state index >= 15 is 0 Å². The van der Waals surface area contributed by atoms with E-state index in [1.807, 2.05) is 28.4 Å². The average Bonchev–Trinajstić information content (AvgIpc) is 3.46. The van der Waals surface area contributed by atoms with Gasteiger partial charge in [-0.15, -0.1) is 21.5 Å². The fourth-order valence-electron chi connectivity index (χ4n) is 5.02. The van der Waals surface area contributed by atoms with Crippen molar-refractivity contribution in [1.29, 1.82) is 0 Å². The van der Waals surface area contributed by atoms with E-state index in [-0.39, 0.29) is 17.4 Å². The molecule has 172 valence electrons. The van der Waals surface area contributed by atoms with Crippen LogP contribution in [-0.4, -0.2) is 36.9 Å². The van der Waals surface area contributed by atoms with Gasteiger partial charge in [0.05, 0.1) is 11.0 Å². The minimum absolute atomic E-state index is 0.00557. The zero-order chi connectivity index (χ0) is 23.1. The van der Waals surface area contributed by atoms with E-state index in [0.29, 0.717) is 29.8 Å². The number of thiophene rings is 1. The van der Waals surface area contributed by atoms with Crippen molar-refractivity contribution in [1.82, 2.24) is 24.5 Å². The Bertz CT molecular complexity index is 1390. The normalized spacial score (nSPS) is 13.9. The molecule has 0 fully saturated rings. The molecule has 5 rings (SSSR count). The van der Waals surface area contributed by atoms with Crippen LogP contribution in [0.2, 0.25) is 0 Å². The molecule has 4 aromatic rings. The van der Waals surface area contributed by atoms with Crippen LogP contribution in [0.1, 0.15) is 77.6 Å². The van der Waals surface area contributed by atoms with Crippen LogP contribution < -0.4 is 5.56 Å². The van der Waals surface area contributed by atoms with Crippen molar-refractivity contribution >= 4 is 33.9 Å². The highest BCUT2D eigenvalue weighted by Gasteiger charge is 2.25. The van der Waals surface area contributed by atoms with Gasteiger partial charge in [0.2, 0.25) is 5.65 Å². The molecule has 1 aromatic carbocycles. The number of benzene rings is 1. The maximum absolute atomic E-state index is 13.4. The van der Waals surface area contributed by atoms with Gasteiger partial charge in [0.25, 0.3) is 11.5 Å². The molecule has 1 amide bonds. The Kier molecular flexibility index (Phi) is 5.78. The molecule has 0 saturated heterocycles. The second kappa shape index (κ2) is 8.74. The summed E-state index contributed by atoms with van der Waals surface area (Å²) in [6, 6.07) is 5.93. The van der Waals surface area contributed by atoms with Crippen LogP contribution in [0.4, 0.5) is 0 Å². The zero-order valence-corrected chi connectivity index (χ0v) is 20.2. The SMILES string of the molecule is CCCC(CCC)c1nnc2c(=O)[nH]c3cc(C(=O)N4CCc5sccc5C4)c(C)cc3n12. The molecule has 0 atom stereocenters. The monoisotopic (exact) mass is 463 g/mol. The highest BCUT2D eigenvalue weighted by atomic mass is 32.1. The predicted octanol–water partition coefficient (Wildman–Crippen LogP) is 4.82. The van der Waals surface area contributed by atoms with Crippen LogP contribution in [-0.2, 0) is 13.0 Å². The summed E-state index contributed by atoms with van der Waals surface area (Å²) in [5.41, 5.74) is 4.27. The number of hydrogen-bond donors (Lipinski definition) is 1. The minimum Gasteiger partial charge on any atom is -0.334 e. The van der Waals surface area contributed by atoms with Crippen LogP contribution in [0.5, 0.6) is 0 Å². The number of aromatic amines is 1. The van der Waals surface area contributed by atoms with Gasteiger partial charge in [-0.2, -0.15) is 0 Å². The summed E-state index contributed by atoms with van der Waals surface area (Å²) in [7, 11) is 0. The van der Waals surface area contributed by atoms with Gasteiger partial charge in [0, 0.05) is 29.4 Å². The molecule has 0 bridgehead atoms. The first-order valence-corrected chi connectivity index (χ1v) is 12.7. The van der Waals surface area contributed by atoms with E-state index in [1.54, 1.807) is 11.3 Å². The van der Waals surface area contributed by atoms with Crippen LogP contribution in [0.15, 0.2) is 28.4 Å². The van der Waals surface area contributed by atoms with E-state index in [0.717, 1.165) is 49.0 Å². The maximum atomic E-state index is 13.4. The van der Waals surface area contributed by atoms with Crippen LogP contribution in [0.25, 0.3) is 16.7 Å². The molecule has 0 radical (unpaired) electrons. The van der Waals surface area contributed by atoms with Gasteiger partial charge in [-0.25, -0.2) is 0 Å². The molecule has 1 aliphatic heterocycles. The van der Waals surface area contributed by atoms with Gasteiger partial charge in [-0.05, 0) is 60.9 Å². The third-order valence-electron chi connectivity index (χ3n) is 6.69. The summed E-state index contributed by atoms with van der Waals surface area (Å²) < 4.78 is 1.91. The number of hydrogen-bond acceptors (Lipinski definition) is 5. The summed E-state index contributed by atoms with van der Waals surface area (Å²) in [6.45, 7) is 7.64. The number of nitrogens with zero attached hydrogens (tertiary/aromatic N) is 4. The zero-order valence-electron chi connectivity index (χ0n) is 19.4. The van der Waals surface area contributed by atoms with Gasteiger partial charge in [0.15, 0.2) is 0 Å². The van der Waals surface area contributed by atoms with E-state index in [9.17, 15) is 9.59 Å². The first-order valence-electron chi connectivity index (χ1n) is 11.8. The smallest absolute Gasteiger partial charge is 0.294 e. The summed E-state index contributed by atoms with van der Waals surface area (Å²) in [5.74, 6) is 1.09. The standard InChI is InChI=1S/C25H29N5O2S/c1-4-6-16(7-5-2)22-27-28-23-24(31)26-19-13-18(15(3)12-20(19)30(22)23)25(32)29-10-8-21-17(14-29)9-11-33-21/h9,11-13,16H,4-8,10,14H2,1-3H3,(H,26,31). The van der Waals surface area contributed by atoms with Crippen molar-refractivity contribution in [2.75, 3.05) is 6.54 Å². The van der Waals surface area contributed by atoms with Crippen molar-refractivity contribution < 1.29 is 4.79 Å². The molecular weight excluding hydrogens is 434 g/mol. The number of carbonyl (C=O) groups is 1. The maximum Gasteiger partial charge on any atom is 0.294 e. The number of rotatable bonds is 6. The van der Waals surface area contributed by atoms with E-state index in [2.05, 4.69) is 40.5 Å². The lowest BCUT2D eigenvalue weighted by atomic mass is 9.97. The number of H-pyrrole nitrogens is 1. The Morgan fingerprint density at radius 1 is 1.21 bits per heavy atom. The van der Waals surface area contributed by atoms with Gasteiger partial charge < -0.3 is 9.88 Å². The number of nitrogens with one attached hydrogen (secondary N) is 1. The number of amides is 1. The number of carbonyl (C=O) groups excluding carboxylic acids is 1. The summed E-state index contributed by atoms with van der Waals surface area (Å²) in [6.07, 6.45) is 4.97. The highest BCUT2D eigenvalue weighted by Crippen LogP contribution is 2.29. The van der Waals surface area contributed by atoms with Crippen LogP contribution in [0, 0.1) is 6.92 Å². The summed E-state index contributed by atoms with van der Waals surface area (Å²) >= 11 is 1.76. The number of aryl methyl sites for hydroxylation is 1. The lowest BCUT2D eigenvalue weighted by Crippen LogP contribution is -2.35. The van der Waals surface area contributed by atoms with Gasteiger partial charge in [-0.1, -0.05) is 26.7 Å². The molecule has 0 unspecified atom stereocenters. The third-order valence-corrected chi connectivity index (χ3v) is 7.71. The van der Waals surface area contributed by atoms with E-state index < -0.39 is 0 Å². The Balaban J connectivity index is 1.60. The largest absolute Gasteiger partial charge is 0.334 e. The quantitative estimate of drug-likeness (QED) is 0.444. The topological polar surface area (TPSA) is 83.4 Å². The van der Waals surface area contributed by atoms with Crippen molar-refractivity contribution in [3.05, 3.63) is 61.3 Å². The minimum atomic E-state index is -0.281. The van der Waals surface area contributed by atoms with Crippen LogP contribution >= 0.6 is 11.3 Å². The molecule has 1 N–H and O–H groups in total. The fraction of sp³-hybridized carbons (Fsp3) is 0.440. The number of fused-ring (bicyclic) bond motifs is 4. The molecule has 4 heterocycles. The molecule has 33 heavy (non-hydrogen) atoms. The van der Waals surface area contributed by atoms with Crippen molar-refractivity contribution in [2.24, 2.45) is 0 Å². The molecule has 8 heteroatoms. The highest BCUT2D eigenvalue weighted by molar-refractivity contribution is 7.10. The molecule has 7 nitrogen and oxygen atoms in total. The van der Waals surface area contributed by atoms with Gasteiger partial charge >= 0.3 is 0 Å². The molecule has 0 spiro atoms. The second-order valence-electron chi connectivity index (χ2n) is 8.98. The first-order chi connectivity index (χ1) is 16.0. The Labute approximate surface area is 196 Å². The lowest BCUT2D eigenvalue weighted by Gasteiger charge is -2.27. The van der Waals surface area contributed by atoms with Crippen molar-refractivity contribution in [3.63, 3.8) is 0 Å².